The van der Waals surface area contributed by atoms with Crippen LogP contribution in [0.15, 0.2) is 4.66 Å². The van der Waals surface area contributed by atoms with Crippen LogP contribution in [0.3, 0.4) is 0 Å². The first-order valence-corrected chi connectivity index (χ1v) is 9.60. The van der Waals surface area contributed by atoms with Gasteiger partial charge < -0.3 is 4.43 Å². The minimum absolute atomic E-state index is 0.663. The summed E-state index contributed by atoms with van der Waals surface area (Å²) in [5, 5.41) is 0. The highest BCUT2D eigenvalue weighted by molar-refractivity contribution is 6.59. The smallest absolute Gasteiger partial charge is 0.465 e. The molecule has 7 heteroatoms. The van der Waals surface area contributed by atoms with Gasteiger partial charge in [-0.25, -0.2) is 0 Å². The van der Waals surface area contributed by atoms with Crippen LogP contribution in [0.4, 0.5) is 13.2 Å². The molecule has 0 saturated heterocycles. The molecule has 0 aromatic heterocycles. The molecule has 0 bridgehead atoms. The normalized spacial score (nSPS) is 13.6. The molecule has 0 atom stereocenters. The van der Waals surface area contributed by atoms with Crippen molar-refractivity contribution in [2.24, 2.45) is 4.66 Å². The van der Waals surface area contributed by atoms with Gasteiger partial charge in [0.15, 0.2) is 0 Å². The summed E-state index contributed by atoms with van der Waals surface area (Å²) in [5.74, 6) is -0.979. The summed E-state index contributed by atoms with van der Waals surface area (Å²) in [5.41, 5.74) is 0. The molecule has 0 rings (SSSR count). The van der Waals surface area contributed by atoms with E-state index < -0.39 is 30.1 Å². The Morgan fingerprint density at radius 1 is 1.00 bits per heavy atom. The second-order valence-corrected chi connectivity index (χ2v) is 9.00. The van der Waals surface area contributed by atoms with Gasteiger partial charge in [-0.05, 0) is 24.2 Å². The maximum atomic E-state index is 12.8. The molecule has 0 amide bonds. The fourth-order valence-electron chi connectivity index (χ4n) is 1.23. The summed E-state index contributed by atoms with van der Waals surface area (Å²) in [6.07, 6.45) is -4.44. The Morgan fingerprint density at radius 3 is 1.76 bits per heavy atom. The lowest BCUT2D eigenvalue weighted by Gasteiger charge is -2.19. The molecule has 0 spiro atoms. The quantitative estimate of drug-likeness (QED) is 0.410. The van der Waals surface area contributed by atoms with E-state index in [4.69, 9.17) is 4.43 Å². The standard InChI is InChI=1S/C10H20F3NOSi2/c1-5-16(6-2)14-9(10(11,12)13)15-17(7-3)8-4/h5-8H2,1-4H3/b14-9+. The van der Waals surface area contributed by atoms with Crippen molar-refractivity contribution < 1.29 is 17.6 Å². The van der Waals surface area contributed by atoms with Crippen molar-refractivity contribution >= 4 is 23.9 Å². The molecule has 0 unspecified atom stereocenters. The molecule has 0 aliphatic heterocycles. The van der Waals surface area contributed by atoms with E-state index in [1.807, 2.05) is 27.7 Å². The first-order valence-electron chi connectivity index (χ1n) is 5.92. The number of alkyl halides is 3. The Kier molecular flexibility index (Phi) is 7.77. The lowest BCUT2D eigenvalue weighted by Crippen LogP contribution is -2.33. The van der Waals surface area contributed by atoms with Crippen LogP contribution < -0.4 is 0 Å². The van der Waals surface area contributed by atoms with Crippen molar-refractivity contribution in [3.05, 3.63) is 0 Å². The molecular weight excluding hydrogens is 263 g/mol. The van der Waals surface area contributed by atoms with Gasteiger partial charge in [-0.2, -0.15) is 13.2 Å². The Balaban J connectivity index is 4.88. The average molecular weight is 283 g/mol. The van der Waals surface area contributed by atoms with E-state index in [2.05, 4.69) is 4.66 Å². The van der Waals surface area contributed by atoms with E-state index in [-0.39, 0.29) is 0 Å². The molecule has 17 heavy (non-hydrogen) atoms. The summed E-state index contributed by atoms with van der Waals surface area (Å²) in [7, 11) is -2.71. The van der Waals surface area contributed by atoms with Crippen molar-refractivity contribution in [3.63, 3.8) is 0 Å². The highest BCUT2D eigenvalue weighted by Gasteiger charge is 2.39. The van der Waals surface area contributed by atoms with Gasteiger partial charge in [-0.3, -0.25) is 4.66 Å². The monoisotopic (exact) mass is 283 g/mol. The van der Waals surface area contributed by atoms with E-state index in [0.29, 0.717) is 24.2 Å². The number of hydrogen-bond donors (Lipinski definition) is 0. The fraction of sp³-hybridized carbons (Fsp3) is 0.900. The first-order chi connectivity index (χ1) is 7.88. The van der Waals surface area contributed by atoms with Crippen molar-refractivity contribution in [2.75, 3.05) is 0 Å². The topological polar surface area (TPSA) is 21.6 Å². The highest BCUT2D eigenvalue weighted by Crippen LogP contribution is 2.21. The molecule has 0 aliphatic rings. The first kappa shape index (κ1) is 16.7. The highest BCUT2D eigenvalue weighted by atomic mass is 28.3. The Hall–Kier alpha value is -0.306. The van der Waals surface area contributed by atoms with Gasteiger partial charge in [-0.1, -0.05) is 27.7 Å². The molecular formula is C10H20F3NOSi2. The molecule has 2 radical (unpaired) electrons. The molecule has 0 aromatic carbocycles. The molecule has 0 heterocycles. The third-order valence-corrected chi connectivity index (χ3v) is 6.56. The number of rotatable bonds is 6. The van der Waals surface area contributed by atoms with Crippen LogP contribution in [0.5, 0.6) is 0 Å². The van der Waals surface area contributed by atoms with Crippen LogP contribution >= 0.6 is 0 Å². The number of hydrogen-bond acceptors (Lipinski definition) is 2. The zero-order valence-corrected chi connectivity index (χ0v) is 12.8. The average Bonchev–Trinajstić information content (AvgIpc) is 2.28. The largest absolute Gasteiger partial charge is 0.527 e. The SMILES string of the molecule is CC[Si](CC)/N=C(/O[Si](CC)CC)C(F)(F)F. The van der Waals surface area contributed by atoms with Gasteiger partial charge in [-0.15, -0.1) is 0 Å². The van der Waals surface area contributed by atoms with Gasteiger partial charge in [0.1, 0.15) is 0 Å². The maximum absolute atomic E-state index is 12.8. The van der Waals surface area contributed by atoms with E-state index in [0.717, 1.165) is 0 Å². The van der Waals surface area contributed by atoms with Crippen LogP contribution in [-0.2, 0) is 4.43 Å². The van der Waals surface area contributed by atoms with E-state index >= 15 is 0 Å². The summed E-state index contributed by atoms with van der Waals surface area (Å²) in [4.78, 5) is 0. The fourth-order valence-corrected chi connectivity index (χ4v) is 3.82. The Labute approximate surface area is 105 Å². The number of nitrogens with zero attached hydrogens (tertiary/aromatic N) is 1. The van der Waals surface area contributed by atoms with Crippen LogP contribution in [0.2, 0.25) is 24.2 Å². The maximum Gasteiger partial charge on any atom is 0.465 e. The predicted molar refractivity (Wildman–Crippen MR) is 68.0 cm³/mol. The second kappa shape index (κ2) is 7.91. The molecule has 0 N–H and O–H groups in total. The van der Waals surface area contributed by atoms with Gasteiger partial charge in [0.2, 0.25) is 8.96 Å². The van der Waals surface area contributed by atoms with E-state index in [9.17, 15) is 13.2 Å². The third-order valence-electron chi connectivity index (χ3n) is 2.35. The predicted octanol–water partition coefficient (Wildman–Crippen LogP) is 4.03. The summed E-state index contributed by atoms with van der Waals surface area (Å²) in [6, 6.07) is 2.72. The molecule has 0 aliphatic carbocycles. The van der Waals surface area contributed by atoms with Crippen LogP contribution in [0.25, 0.3) is 0 Å². The van der Waals surface area contributed by atoms with Crippen molar-refractivity contribution in [2.45, 2.75) is 58.0 Å². The Bertz CT molecular complexity index is 238. The second-order valence-electron chi connectivity index (χ2n) is 3.54. The van der Waals surface area contributed by atoms with Crippen LogP contribution in [-0.4, -0.2) is 30.1 Å². The Morgan fingerprint density at radius 2 is 1.47 bits per heavy atom. The van der Waals surface area contributed by atoms with Gasteiger partial charge >= 0.3 is 6.18 Å². The lowest BCUT2D eigenvalue weighted by molar-refractivity contribution is -0.0710. The molecule has 100 valence electrons. The van der Waals surface area contributed by atoms with E-state index in [1.165, 1.54) is 0 Å². The van der Waals surface area contributed by atoms with Crippen LogP contribution in [0.1, 0.15) is 27.7 Å². The summed E-state index contributed by atoms with van der Waals surface area (Å²) < 4.78 is 47.2. The van der Waals surface area contributed by atoms with Crippen molar-refractivity contribution in [1.82, 2.24) is 0 Å². The molecule has 0 aromatic rings. The van der Waals surface area contributed by atoms with Crippen molar-refractivity contribution in [3.8, 4) is 0 Å². The van der Waals surface area contributed by atoms with Crippen LogP contribution in [0, 0.1) is 0 Å². The third kappa shape index (κ3) is 6.25. The van der Waals surface area contributed by atoms with Gasteiger partial charge in [0.05, 0.1) is 0 Å². The zero-order chi connectivity index (χ0) is 13.5. The zero-order valence-electron chi connectivity index (χ0n) is 10.8. The lowest BCUT2D eigenvalue weighted by atomic mass is 10.7. The minimum Gasteiger partial charge on any atom is -0.527 e. The molecule has 0 fully saturated rings. The summed E-state index contributed by atoms with van der Waals surface area (Å²) in [6.45, 7) is 7.47. The number of halogens is 3. The van der Waals surface area contributed by atoms with Gasteiger partial charge in [0, 0.05) is 0 Å². The minimum atomic E-state index is -4.44. The van der Waals surface area contributed by atoms with Crippen molar-refractivity contribution in [1.29, 1.82) is 0 Å². The van der Waals surface area contributed by atoms with Gasteiger partial charge in [0.25, 0.3) is 14.9 Å². The van der Waals surface area contributed by atoms with E-state index in [1.54, 1.807) is 0 Å². The summed E-state index contributed by atoms with van der Waals surface area (Å²) >= 11 is 0. The molecule has 2 nitrogen and oxygen atoms in total. The molecule has 0 saturated carbocycles.